The summed E-state index contributed by atoms with van der Waals surface area (Å²) in [7, 11) is -4.14. The fourth-order valence-corrected chi connectivity index (χ4v) is 5.34. The van der Waals surface area contributed by atoms with Gasteiger partial charge in [-0.3, -0.25) is 14.8 Å². The molecule has 1 heterocycles. The number of nitrogens with zero attached hydrogens (tertiary/aromatic N) is 2. The zero-order valence-corrected chi connectivity index (χ0v) is 21.0. The summed E-state index contributed by atoms with van der Waals surface area (Å²) in [6.07, 6.45) is 0. The lowest BCUT2D eigenvalue weighted by Crippen LogP contribution is -2.13. The number of aromatic nitrogens is 1. The normalized spacial score (nSPS) is 11.4. The van der Waals surface area contributed by atoms with Crippen LogP contribution < -0.4 is 4.72 Å². The van der Waals surface area contributed by atoms with Crippen LogP contribution in [0, 0.1) is 30.9 Å². The number of nitro benzene ring substituents is 1. The van der Waals surface area contributed by atoms with Crippen LogP contribution in [-0.2, 0) is 14.8 Å². The van der Waals surface area contributed by atoms with Crippen molar-refractivity contribution in [2.75, 3.05) is 11.3 Å². The molecule has 0 spiro atoms. The van der Waals surface area contributed by atoms with Crippen LogP contribution in [0.2, 0.25) is 0 Å². The van der Waals surface area contributed by atoms with Crippen molar-refractivity contribution in [3.63, 3.8) is 0 Å². The van der Waals surface area contributed by atoms with Crippen molar-refractivity contribution in [3.05, 3.63) is 93.2 Å². The van der Waals surface area contributed by atoms with Gasteiger partial charge in [0.1, 0.15) is 0 Å². The predicted molar refractivity (Wildman–Crippen MR) is 137 cm³/mol. The molecule has 186 valence electrons. The summed E-state index contributed by atoms with van der Waals surface area (Å²) < 4.78 is 35.8. The fraction of sp³-hybridized carbons (Fsp3) is 0.192. The van der Waals surface area contributed by atoms with Crippen LogP contribution in [0.25, 0.3) is 16.6 Å². The third kappa shape index (κ3) is 4.55. The van der Waals surface area contributed by atoms with Crippen LogP contribution in [0.15, 0.2) is 65.6 Å². The van der Waals surface area contributed by atoms with Crippen molar-refractivity contribution >= 4 is 38.3 Å². The van der Waals surface area contributed by atoms with Gasteiger partial charge < -0.3 is 9.30 Å². The molecule has 1 N–H and O–H groups in total. The predicted octanol–water partition coefficient (Wildman–Crippen LogP) is 5.44. The number of rotatable bonds is 7. The Balaban J connectivity index is 1.89. The van der Waals surface area contributed by atoms with Gasteiger partial charge in [-0.2, -0.15) is 0 Å². The smallest absolute Gasteiger partial charge is 0.340 e. The molecule has 0 radical (unpaired) electrons. The number of carbonyl (C=O) groups is 1. The molecule has 0 atom stereocenters. The number of hydrogen-bond donors (Lipinski definition) is 1. The number of nitro groups is 1. The quantitative estimate of drug-likeness (QED) is 0.202. The van der Waals surface area contributed by atoms with E-state index in [2.05, 4.69) is 4.72 Å². The standard InChI is InChI=1S/C26H25N3O6S/c1-5-35-26(30)24-18(4)28(20-11-9-16(2)10-12-20)25-17(3)13-19(14-23(24)25)27-36(33,34)22-8-6-7-21(15-22)29(31)32/h6-15,27H,5H2,1-4H3. The molecule has 4 aromatic rings. The molecule has 0 aliphatic rings. The molecule has 4 rings (SSSR count). The SMILES string of the molecule is CCOC(=O)c1c(C)n(-c2ccc(C)cc2)c2c(C)cc(NS(=O)(=O)c3cccc([N+](=O)[O-])c3)cc12. The van der Waals surface area contributed by atoms with E-state index in [0.29, 0.717) is 16.6 Å². The van der Waals surface area contributed by atoms with Crippen LogP contribution in [0.5, 0.6) is 0 Å². The molecule has 9 nitrogen and oxygen atoms in total. The third-order valence-corrected chi connectivity index (χ3v) is 7.23. The highest BCUT2D eigenvalue weighted by Gasteiger charge is 2.25. The minimum Gasteiger partial charge on any atom is -0.462 e. The van der Waals surface area contributed by atoms with E-state index in [9.17, 15) is 23.3 Å². The molecule has 3 aromatic carbocycles. The van der Waals surface area contributed by atoms with Crippen LogP contribution in [0.1, 0.15) is 34.1 Å². The van der Waals surface area contributed by atoms with Crippen molar-refractivity contribution in [2.45, 2.75) is 32.6 Å². The van der Waals surface area contributed by atoms with E-state index in [1.165, 1.54) is 18.2 Å². The van der Waals surface area contributed by atoms with Gasteiger partial charge in [-0.25, -0.2) is 13.2 Å². The number of non-ortho nitro benzene ring substituents is 1. The van der Waals surface area contributed by atoms with Gasteiger partial charge in [-0.05, 0) is 63.6 Å². The fourth-order valence-electron chi connectivity index (χ4n) is 4.26. The summed E-state index contributed by atoms with van der Waals surface area (Å²) >= 11 is 0. The lowest BCUT2D eigenvalue weighted by Gasteiger charge is -2.13. The van der Waals surface area contributed by atoms with Crippen molar-refractivity contribution in [3.8, 4) is 5.69 Å². The number of sulfonamides is 1. The second-order valence-electron chi connectivity index (χ2n) is 8.40. The van der Waals surface area contributed by atoms with Gasteiger partial charge >= 0.3 is 5.97 Å². The number of carbonyl (C=O) groups excluding carboxylic acids is 1. The highest BCUT2D eigenvalue weighted by Crippen LogP contribution is 2.35. The second kappa shape index (κ2) is 9.46. The highest BCUT2D eigenvalue weighted by molar-refractivity contribution is 7.92. The van der Waals surface area contributed by atoms with Gasteiger partial charge in [-0.1, -0.05) is 23.8 Å². The largest absolute Gasteiger partial charge is 0.462 e. The van der Waals surface area contributed by atoms with Crippen molar-refractivity contribution in [1.29, 1.82) is 0 Å². The van der Waals surface area contributed by atoms with E-state index in [4.69, 9.17) is 4.74 Å². The van der Waals surface area contributed by atoms with E-state index in [1.54, 1.807) is 19.1 Å². The second-order valence-corrected chi connectivity index (χ2v) is 10.1. The molecule has 36 heavy (non-hydrogen) atoms. The summed E-state index contributed by atoms with van der Waals surface area (Å²) in [5.41, 5.74) is 4.31. The molecule has 0 fully saturated rings. The molecule has 0 saturated carbocycles. The van der Waals surface area contributed by atoms with Crippen LogP contribution >= 0.6 is 0 Å². The summed E-state index contributed by atoms with van der Waals surface area (Å²) in [5, 5.41) is 11.6. The van der Waals surface area contributed by atoms with Gasteiger partial charge in [0.2, 0.25) is 0 Å². The molecule has 0 aliphatic carbocycles. The molecule has 0 saturated heterocycles. The first kappa shape index (κ1) is 24.9. The maximum Gasteiger partial charge on any atom is 0.340 e. The topological polar surface area (TPSA) is 121 Å². The molecule has 1 aromatic heterocycles. The Morgan fingerprint density at radius 3 is 2.39 bits per heavy atom. The average Bonchev–Trinajstić information content (AvgIpc) is 3.12. The van der Waals surface area contributed by atoms with Gasteiger partial charge in [0.25, 0.3) is 15.7 Å². The lowest BCUT2D eigenvalue weighted by atomic mass is 10.1. The number of fused-ring (bicyclic) bond motifs is 1. The highest BCUT2D eigenvalue weighted by atomic mass is 32.2. The van der Waals surface area contributed by atoms with Crippen molar-refractivity contribution < 1.29 is 22.9 Å². The Morgan fingerprint density at radius 1 is 1.06 bits per heavy atom. The van der Waals surface area contributed by atoms with E-state index in [1.807, 2.05) is 49.6 Å². The number of aryl methyl sites for hydroxylation is 2. The van der Waals surface area contributed by atoms with E-state index in [-0.39, 0.29) is 22.9 Å². The van der Waals surface area contributed by atoms with Crippen LogP contribution in [-0.4, -0.2) is 30.5 Å². The Labute approximate surface area is 208 Å². The minimum atomic E-state index is -4.14. The Bertz CT molecular complexity index is 1610. The molecule has 0 unspecified atom stereocenters. The summed E-state index contributed by atoms with van der Waals surface area (Å²) in [6, 6.07) is 15.9. The first-order chi connectivity index (χ1) is 17.0. The van der Waals surface area contributed by atoms with Gasteiger partial charge in [0, 0.05) is 34.6 Å². The lowest BCUT2D eigenvalue weighted by molar-refractivity contribution is -0.385. The number of hydrogen-bond acceptors (Lipinski definition) is 6. The maximum absolute atomic E-state index is 13.0. The molecular weight excluding hydrogens is 482 g/mol. The molecule has 10 heteroatoms. The average molecular weight is 508 g/mol. The zero-order chi connectivity index (χ0) is 26.2. The van der Waals surface area contributed by atoms with Gasteiger partial charge in [0.05, 0.1) is 27.5 Å². The minimum absolute atomic E-state index is 0.188. The zero-order valence-electron chi connectivity index (χ0n) is 20.2. The molecule has 0 aliphatic heterocycles. The monoisotopic (exact) mass is 507 g/mol. The maximum atomic E-state index is 13.0. The van der Waals surface area contributed by atoms with E-state index in [0.717, 1.165) is 28.4 Å². The number of nitrogens with one attached hydrogen (secondary N) is 1. The molecule has 0 bridgehead atoms. The summed E-state index contributed by atoms with van der Waals surface area (Å²) in [4.78, 5) is 23.2. The van der Waals surface area contributed by atoms with Crippen molar-refractivity contribution in [2.24, 2.45) is 0 Å². The summed E-state index contributed by atoms with van der Waals surface area (Å²) in [5.74, 6) is -0.510. The Hall–Kier alpha value is -4.18. The third-order valence-electron chi connectivity index (χ3n) is 5.85. The number of ether oxygens (including phenoxy) is 1. The molecule has 0 amide bonds. The van der Waals surface area contributed by atoms with E-state index >= 15 is 0 Å². The first-order valence-corrected chi connectivity index (χ1v) is 12.7. The Kier molecular flexibility index (Phi) is 6.55. The van der Waals surface area contributed by atoms with E-state index < -0.39 is 20.9 Å². The first-order valence-electron chi connectivity index (χ1n) is 11.2. The van der Waals surface area contributed by atoms with Gasteiger partial charge in [-0.15, -0.1) is 0 Å². The Morgan fingerprint density at radius 2 is 1.75 bits per heavy atom. The van der Waals surface area contributed by atoms with Crippen LogP contribution in [0.4, 0.5) is 11.4 Å². The summed E-state index contributed by atoms with van der Waals surface area (Å²) in [6.45, 7) is 7.54. The van der Waals surface area contributed by atoms with Gasteiger partial charge in [0.15, 0.2) is 0 Å². The molecular formula is C26H25N3O6S. The van der Waals surface area contributed by atoms with Crippen LogP contribution in [0.3, 0.4) is 0 Å². The number of benzene rings is 3. The van der Waals surface area contributed by atoms with Crippen molar-refractivity contribution in [1.82, 2.24) is 4.57 Å². The number of esters is 1. The number of anilines is 1.